The van der Waals surface area contributed by atoms with Crippen molar-refractivity contribution < 1.29 is 0 Å². The van der Waals surface area contributed by atoms with Gasteiger partial charge in [0.2, 0.25) is 5.95 Å². The monoisotopic (exact) mass is 310 g/mol. The van der Waals surface area contributed by atoms with E-state index in [9.17, 15) is 0 Å². The zero-order valence-corrected chi connectivity index (χ0v) is 11.5. The van der Waals surface area contributed by atoms with Crippen molar-refractivity contribution in [3.05, 3.63) is 34.8 Å². The Kier molecular flexibility index (Phi) is 3.86. The van der Waals surface area contributed by atoms with Crippen molar-refractivity contribution in [3.63, 3.8) is 0 Å². The van der Waals surface area contributed by atoms with Gasteiger partial charge in [0.15, 0.2) is 0 Å². The number of hydrogen-bond acceptors (Lipinski definition) is 5. The molecule has 2 aromatic rings. The highest BCUT2D eigenvalue weighted by Gasteiger charge is 2.03. The molecule has 0 unspecified atom stereocenters. The molecule has 0 bridgehead atoms. The molecule has 1 aromatic heterocycles. The molecule has 2 rings (SSSR count). The maximum atomic E-state index is 5.63. The van der Waals surface area contributed by atoms with Gasteiger partial charge in [-0.3, -0.25) is 0 Å². The zero-order chi connectivity index (χ0) is 12.3. The van der Waals surface area contributed by atoms with Gasteiger partial charge in [-0.25, -0.2) is 4.98 Å². The van der Waals surface area contributed by atoms with Crippen LogP contribution < -0.4 is 11.1 Å². The van der Waals surface area contributed by atoms with Crippen LogP contribution in [0, 0.1) is 0 Å². The summed E-state index contributed by atoms with van der Waals surface area (Å²) in [5.74, 6) is 0.994. The van der Waals surface area contributed by atoms with Gasteiger partial charge >= 0.3 is 0 Å². The topological polar surface area (TPSA) is 63.8 Å². The summed E-state index contributed by atoms with van der Waals surface area (Å²) in [4.78, 5) is 9.33. The van der Waals surface area contributed by atoms with Gasteiger partial charge in [-0.1, -0.05) is 27.7 Å². The van der Waals surface area contributed by atoms with E-state index in [2.05, 4.69) is 31.2 Å². The van der Waals surface area contributed by atoms with E-state index in [-0.39, 0.29) is 5.95 Å². The van der Waals surface area contributed by atoms with Crippen molar-refractivity contribution in [3.8, 4) is 0 Å². The van der Waals surface area contributed by atoms with E-state index in [1.807, 2.05) is 30.3 Å². The van der Waals surface area contributed by atoms with Crippen LogP contribution in [-0.2, 0) is 0 Å². The molecule has 6 heteroatoms. The molecule has 0 fully saturated rings. The number of aromatic nitrogens is 2. The third-order valence-corrected chi connectivity index (χ3v) is 3.47. The number of halogens is 1. The predicted molar refractivity (Wildman–Crippen MR) is 74.3 cm³/mol. The van der Waals surface area contributed by atoms with E-state index in [1.165, 1.54) is 0 Å². The van der Waals surface area contributed by atoms with Crippen LogP contribution in [0.3, 0.4) is 0 Å². The third-order valence-electron chi connectivity index (χ3n) is 2.01. The number of hydrogen-bond donors (Lipinski definition) is 2. The van der Waals surface area contributed by atoms with Crippen molar-refractivity contribution in [2.75, 3.05) is 18.1 Å². The molecule has 17 heavy (non-hydrogen) atoms. The number of rotatable bonds is 3. The van der Waals surface area contributed by atoms with E-state index >= 15 is 0 Å². The molecule has 0 spiro atoms. The summed E-state index contributed by atoms with van der Waals surface area (Å²) in [6.07, 6.45) is 0. The van der Waals surface area contributed by atoms with E-state index in [0.717, 1.165) is 20.2 Å². The second-order valence-electron chi connectivity index (χ2n) is 3.26. The highest BCUT2D eigenvalue weighted by atomic mass is 79.9. The fourth-order valence-corrected chi connectivity index (χ4v) is 2.33. The molecule has 0 radical (unpaired) electrons. The summed E-state index contributed by atoms with van der Waals surface area (Å²) in [6.45, 7) is 0. The predicted octanol–water partition coefficient (Wildman–Crippen LogP) is 3.01. The first kappa shape index (κ1) is 12.2. The van der Waals surface area contributed by atoms with Crippen LogP contribution in [0.4, 0.5) is 11.8 Å². The largest absolute Gasteiger partial charge is 0.373 e. The minimum absolute atomic E-state index is 0.275. The maximum absolute atomic E-state index is 5.63. The number of anilines is 2. The van der Waals surface area contributed by atoms with E-state index in [4.69, 9.17) is 5.73 Å². The van der Waals surface area contributed by atoms with Crippen LogP contribution in [-0.4, -0.2) is 17.0 Å². The number of nitrogens with one attached hydrogen (secondary N) is 1. The number of nitrogen functional groups attached to an aromatic ring is 1. The summed E-state index contributed by atoms with van der Waals surface area (Å²) in [6, 6.07) is 9.89. The second kappa shape index (κ2) is 5.37. The van der Waals surface area contributed by atoms with Crippen LogP contribution >= 0.6 is 27.7 Å². The average Bonchev–Trinajstić information content (AvgIpc) is 2.31. The fraction of sp³-hybridized carbons (Fsp3) is 0.0909. The number of benzene rings is 1. The van der Waals surface area contributed by atoms with Gasteiger partial charge in [-0.15, -0.1) is 0 Å². The van der Waals surface area contributed by atoms with E-state index in [1.54, 1.807) is 18.8 Å². The molecule has 0 amide bonds. The molecule has 4 nitrogen and oxygen atoms in total. The Balaban J connectivity index is 2.23. The average molecular weight is 311 g/mol. The van der Waals surface area contributed by atoms with E-state index in [0.29, 0.717) is 0 Å². The molecule has 1 aromatic carbocycles. The lowest BCUT2D eigenvalue weighted by atomic mass is 10.4. The van der Waals surface area contributed by atoms with Gasteiger partial charge in [0, 0.05) is 22.5 Å². The summed E-state index contributed by atoms with van der Waals surface area (Å²) in [5, 5.41) is 3.77. The quantitative estimate of drug-likeness (QED) is 0.853. The lowest BCUT2D eigenvalue weighted by Gasteiger charge is -2.05. The van der Waals surface area contributed by atoms with Gasteiger partial charge < -0.3 is 11.1 Å². The Morgan fingerprint density at radius 2 is 1.94 bits per heavy atom. The van der Waals surface area contributed by atoms with Crippen molar-refractivity contribution in [2.45, 2.75) is 9.92 Å². The minimum Gasteiger partial charge on any atom is -0.373 e. The Bertz CT molecular complexity index is 515. The van der Waals surface area contributed by atoms with Crippen molar-refractivity contribution in [1.29, 1.82) is 0 Å². The van der Waals surface area contributed by atoms with Gasteiger partial charge in [0.1, 0.15) is 10.8 Å². The normalized spacial score (nSPS) is 10.2. The van der Waals surface area contributed by atoms with Crippen LogP contribution in [0.15, 0.2) is 44.7 Å². The molecule has 0 saturated carbocycles. The maximum Gasteiger partial charge on any atom is 0.223 e. The lowest BCUT2D eigenvalue weighted by molar-refractivity contribution is 1.06. The first-order chi connectivity index (χ1) is 8.17. The van der Waals surface area contributed by atoms with Gasteiger partial charge in [-0.2, -0.15) is 4.98 Å². The Hall–Kier alpha value is -1.27. The van der Waals surface area contributed by atoms with E-state index < -0.39 is 0 Å². The lowest BCUT2D eigenvalue weighted by Crippen LogP contribution is -2.00. The number of nitrogens with zero attached hydrogens (tertiary/aromatic N) is 2. The number of nitrogens with two attached hydrogens (primary N) is 1. The third kappa shape index (κ3) is 3.34. The smallest absolute Gasteiger partial charge is 0.223 e. The van der Waals surface area contributed by atoms with Crippen molar-refractivity contribution in [2.24, 2.45) is 0 Å². The summed E-state index contributed by atoms with van der Waals surface area (Å²) >= 11 is 4.95. The van der Waals surface area contributed by atoms with Crippen LogP contribution in [0.5, 0.6) is 0 Å². The van der Waals surface area contributed by atoms with Crippen molar-refractivity contribution in [1.82, 2.24) is 9.97 Å². The zero-order valence-electron chi connectivity index (χ0n) is 9.14. The molecule has 0 saturated heterocycles. The molecule has 3 N–H and O–H groups in total. The SMILES string of the molecule is CNc1cc(Sc2ccc(Br)cc2)nc(N)n1. The Morgan fingerprint density at radius 1 is 1.24 bits per heavy atom. The van der Waals surface area contributed by atoms with Crippen molar-refractivity contribution >= 4 is 39.5 Å². The molecule has 0 aliphatic heterocycles. The molecule has 88 valence electrons. The van der Waals surface area contributed by atoms with Crippen LogP contribution in [0.2, 0.25) is 0 Å². The van der Waals surface area contributed by atoms with Gasteiger partial charge in [0.25, 0.3) is 0 Å². The minimum atomic E-state index is 0.275. The highest BCUT2D eigenvalue weighted by Crippen LogP contribution is 2.28. The summed E-state index contributed by atoms with van der Waals surface area (Å²) < 4.78 is 1.06. The standard InChI is InChI=1S/C11H11BrN4S/c1-14-9-6-10(16-11(13)15-9)17-8-4-2-7(12)3-5-8/h2-6H,1H3,(H3,13,14,15,16). The molecular formula is C11H11BrN4S. The fourth-order valence-electron chi connectivity index (χ4n) is 1.25. The van der Waals surface area contributed by atoms with Gasteiger partial charge in [-0.05, 0) is 24.3 Å². The first-order valence-corrected chi connectivity index (χ1v) is 6.54. The highest BCUT2D eigenvalue weighted by molar-refractivity contribution is 9.10. The summed E-state index contributed by atoms with van der Waals surface area (Å²) in [5.41, 5.74) is 5.63. The Morgan fingerprint density at radius 3 is 2.59 bits per heavy atom. The molecule has 0 aliphatic rings. The second-order valence-corrected chi connectivity index (χ2v) is 5.27. The summed E-state index contributed by atoms with van der Waals surface area (Å²) in [7, 11) is 1.80. The molecule has 0 atom stereocenters. The first-order valence-electron chi connectivity index (χ1n) is 4.93. The molecule has 0 aliphatic carbocycles. The Labute approximate surface area is 112 Å². The molecular weight excluding hydrogens is 300 g/mol. The van der Waals surface area contributed by atoms with Crippen LogP contribution in [0.25, 0.3) is 0 Å². The van der Waals surface area contributed by atoms with Gasteiger partial charge in [0.05, 0.1) is 0 Å². The molecule has 1 heterocycles. The van der Waals surface area contributed by atoms with Crippen LogP contribution in [0.1, 0.15) is 0 Å².